The molecule has 1 aromatic carbocycles. The number of hydrogen-bond acceptors (Lipinski definition) is 2. The van der Waals surface area contributed by atoms with Crippen molar-refractivity contribution in [2.24, 2.45) is 5.73 Å². The first-order valence-electron chi connectivity index (χ1n) is 4.92. The van der Waals surface area contributed by atoms with E-state index in [1.54, 1.807) is 18.3 Å². The fraction of sp³-hybridized carbons (Fsp3) is 0.182. The quantitative estimate of drug-likeness (QED) is 0.806. The third-order valence-electron chi connectivity index (χ3n) is 2.39. The van der Waals surface area contributed by atoms with Crippen LogP contribution in [0, 0.1) is 5.82 Å². The summed E-state index contributed by atoms with van der Waals surface area (Å²) in [5.41, 5.74) is 6.66. The van der Waals surface area contributed by atoms with Gasteiger partial charge in [-0.05, 0) is 17.7 Å². The second-order valence-corrected chi connectivity index (χ2v) is 3.52. The Morgan fingerprint density at radius 2 is 2.00 bits per heavy atom. The van der Waals surface area contributed by atoms with Crippen molar-refractivity contribution in [2.75, 3.05) is 0 Å². The van der Waals surface area contributed by atoms with Gasteiger partial charge in [0.15, 0.2) is 0 Å². The van der Waals surface area contributed by atoms with E-state index >= 15 is 0 Å². The fourth-order valence-corrected chi connectivity index (χ4v) is 1.49. The summed E-state index contributed by atoms with van der Waals surface area (Å²) in [7, 11) is 0. The van der Waals surface area contributed by atoms with Gasteiger partial charge >= 0.3 is 0 Å². The number of benzene rings is 1. The molecule has 2 aromatic rings. The van der Waals surface area contributed by atoms with Gasteiger partial charge in [0.05, 0.1) is 6.54 Å². The maximum Gasteiger partial charge on any atom is 0.271 e. The summed E-state index contributed by atoms with van der Waals surface area (Å²) in [5, 5.41) is 2.82. The van der Waals surface area contributed by atoms with Crippen LogP contribution in [0.25, 0.3) is 0 Å². The van der Waals surface area contributed by atoms with Crippen molar-refractivity contribution in [2.45, 2.75) is 13.1 Å². The Labute approximate surface area is 91.5 Å². The summed E-state index contributed by atoms with van der Waals surface area (Å²) in [5.74, 6) is -0.287. The molecular weight excluding hydrogens is 209 g/mol. The molecule has 0 fully saturated rings. The number of aromatic nitrogens is 2. The predicted molar refractivity (Wildman–Crippen MR) is 58.4 cm³/mol. The first-order valence-corrected chi connectivity index (χ1v) is 4.92. The lowest BCUT2D eigenvalue weighted by molar-refractivity contribution is 0.622. The fourth-order valence-electron chi connectivity index (χ4n) is 1.49. The highest BCUT2D eigenvalue weighted by molar-refractivity contribution is 5.16. The zero-order valence-corrected chi connectivity index (χ0v) is 8.61. The number of aromatic amines is 1. The van der Waals surface area contributed by atoms with Crippen molar-refractivity contribution in [3.63, 3.8) is 0 Å². The van der Waals surface area contributed by atoms with E-state index in [0.29, 0.717) is 12.1 Å². The number of nitrogens with one attached hydrogen (secondary N) is 1. The van der Waals surface area contributed by atoms with Crippen molar-refractivity contribution in [1.29, 1.82) is 0 Å². The number of halogens is 1. The van der Waals surface area contributed by atoms with Crippen LogP contribution in [-0.4, -0.2) is 9.78 Å². The number of H-pyrrole nitrogens is 1. The van der Waals surface area contributed by atoms with E-state index < -0.39 is 0 Å². The van der Waals surface area contributed by atoms with E-state index in [1.807, 2.05) is 0 Å². The SMILES string of the molecule is NCc1c[nH]n(Cc2ccc(F)cc2)c1=O. The van der Waals surface area contributed by atoms with E-state index in [9.17, 15) is 9.18 Å². The van der Waals surface area contributed by atoms with Crippen molar-refractivity contribution in [3.8, 4) is 0 Å². The van der Waals surface area contributed by atoms with Gasteiger partial charge in [-0.15, -0.1) is 0 Å². The predicted octanol–water partition coefficient (Wildman–Crippen LogP) is 0.822. The molecule has 0 radical (unpaired) electrons. The molecule has 1 heterocycles. The lowest BCUT2D eigenvalue weighted by atomic mass is 10.2. The van der Waals surface area contributed by atoms with Crippen molar-refractivity contribution < 1.29 is 4.39 Å². The Morgan fingerprint density at radius 1 is 1.31 bits per heavy atom. The van der Waals surface area contributed by atoms with Gasteiger partial charge < -0.3 is 10.8 Å². The second-order valence-electron chi connectivity index (χ2n) is 3.52. The Hall–Kier alpha value is -1.88. The molecule has 0 spiro atoms. The molecule has 1 aromatic heterocycles. The molecule has 0 aliphatic heterocycles. The molecule has 2 rings (SSSR count). The van der Waals surface area contributed by atoms with Crippen molar-refractivity contribution >= 4 is 0 Å². The van der Waals surface area contributed by atoms with Crippen molar-refractivity contribution in [1.82, 2.24) is 9.78 Å². The third-order valence-corrected chi connectivity index (χ3v) is 2.39. The minimum Gasteiger partial charge on any atom is -0.326 e. The molecular formula is C11H12FN3O. The minimum atomic E-state index is -0.287. The summed E-state index contributed by atoms with van der Waals surface area (Å²) in [6.45, 7) is 0.602. The summed E-state index contributed by atoms with van der Waals surface area (Å²) in [4.78, 5) is 11.6. The van der Waals surface area contributed by atoms with Crippen LogP contribution >= 0.6 is 0 Å². The first kappa shape index (κ1) is 10.6. The Morgan fingerprint density at radius 3 is 2.56 bits per heavy atom. The van der Waals surface area contributed by atoms with Crippen LogP contribution in [0.2, 0.25) is 0 Å². The summed E-state index contributed by atoms with van der Waals surface area (Å²) < 4.78 is 14.1. The van der Waals surface area contributed by atoms with Crippen LogP contribution in [-0.2, 0) is 13.1 Å². The zero-order valence-electron chi connectivity index (χ0n) is 8.61. The van der Waals surface area contributed by atoms with Gasteiger partial charge in [-0.1, -0.05) is 12.1 Å². The second kappa shape index (κ2) is 4.32. The van der Waals surface area contributed by atoms with Crippen LogP contribution in [0.3, 0.4) is 0 Å². The molecule has 3 N–H and O–H groups in total. The smallest absolute Gasteiger partial charge is 0.271 e. The van der Waals surface area contributed by atoms with E-state index in [1.165, 1.54) is 16.8 Å². The van der Waals surface area contributed by atoms with Crippen LogP contribution < -0.4 is 11.3 Å². The molecule has 0 aliphatic carbocycles. The van der Waals surface area contributed by atoms with E-state index in [0.717, 1.165) is 5.56 Å². The first-order chi connectivity index (χ1) is 7.70. The van der Waals surface area contributed by atoms with E-state index in [2.05, 4.69) is 5.10 Å². The highest BCUT2D eigenvalue weighted by Gasteiger charge is 2.04. The number of nitrogens with two attached hydrogens (primary N) is 1. The highest BCUT2D eigenvalue weighted by atomic mass is 19.1. The lowest BCUT2D eigenvalue weighted by Gasteiger charge is -2.01. The normalized spacial score (nSPS) is 10.6. The molecule has 0 saturated carbocycles. The molecule has 0 unspecified atom stereocenters. The van der Waals surface area contributed by atoms with Gasteiger partial charge in [0.2, 0.25) is 0 Å². The molecule has 5 heteroatoms. The van der Waals surface area contributed by atoms with Gasteiger partial charge in [-0.2, -0.15) is 0 Å². The molecule has 0 aliphatic rings. The molecule has 0 atom stereocenters. The minimum absolute atomic E-state index is 0.133. The summed E-state index contributed by atoms with van der Waals surface area (Å²) in [6.07, 6.45) is 1.59. The van der Waals surface area contributed by atoms with Gasteiger partial charge in [-0.3, -0.25) is 4.79 Å². The molecule has 0 amide bonds. The molecule has 84 valence electrons. The Bertz CT molecular complexity index is 527. The van der Waals surface area contributed by atoms with Crippen LogP contribution in [0.15, 0.2) is 35.3 Å². The Balaban J connectivity index is 2.24. The van der Waals surface area contributed by atoms with E-state index in [-0.39, 0.29) is 17.9 Å². The molecule has 0 bridgehead atoms. The van der Waals surface area contributed by atoms with Gasteiger partial charge in [0, 0.05) is 18.3 Å². The lowest BCUT2D eigenvalue weighted by Crippen LogP contribution is -2.21. The van der Waals surface area contributed by atoms with Gasteiger partial charge in [0.1, 0.15) is 5.82 Å². The van der Waals surface area contributed by atoms with E-state index in [4.69, 9.17) is 5.73 Å². The monoisotopic (exact) mass is 221 g/mol. The van der Waals surface area contributed by atoms with Gasteiger partial charge in [-0.25, -0.2) is 9.07 Å². The average molecular weight is 221 g/mol. The molecule has 0 saturated heterocycles. The average Bonchev–Trinajstić information content (AvgIpc) is 2.63. The topological polar surface area (TPSA) is 63.8 Å². The standard InChI is InChI=1S/C11H12FN3O/c12-10-3-1-8(2-4-10)7-15-11(16)9(5-13)6-14-15/h1-4,6,14H,5,7,13H2. The Kier molecular flexibility index (Phi) is 2.87. The van der Waals surface area contributed by atoms with Crippen LogP contribution in [0.1, 0.15) is 11.1 Å². The summed E-state index contributed by atoms with van der Waals surface area (Å²) in [6, 6.07) is 6.02. The van der Waals surface area contributed by atoms with Crippen LogP contribution in [0.4, 0.5) is 4.39 Å². The number of nitrogens with zero attached hydrogens (tertiary/aromatic N) is 1. The number of rotatable bonds is 3. The van der Waals surface area contributed by atoms with Crippen LogP contribution in [0.5, 0.6) is 0 Å². The third kappa shape index (κ3) is 2.04. The number of hydrogen-bond donors (Lipinski definition) is 2. The zero-order chi connectivity index (χ0) is 11.5. The highest BCUT2D eigenvalue weighted by Crippen LogP contribution is 2.03. The maximum atomic E-state index is 12.7. The molecule has 16 heavy (non-hydrogen) atoms. The van der Waals surface area contributed by atoms with Gasteiger partial charge in [0.25, 0.3) is 5.56 Å². The molecule has 4 nitrogen and oxygen atoms in total. The largest absolute Gasteiger partial charge is 0.326 e. The van der Waals surface area contributed by atoms with Crippen molar-refractivity contribution in [3.05, 3.63) is 57.8 Å². The maximum absolute atomic E-state index is 12.7. The summed E-state index contributed by atoms with van der Waals surface area (Å²) >= 11 is 0.